The molecule has 8 heteroatoms. The fourth-order valence-corrected chi connectivity index (χ4v) is 8.50. The van der Waals surface area contributed by atoms with Crippen LogP contribution in [-0.2, 0) is 11.2 Å². The molecule has 0 saturated heterocycles. The van der Waals surface area contributed by atoms with Crippen LogP contribution in [0.25, 0.3) is 10.2 Å². The highest BCUT2D eigenvalue weighted by Crippen LogP contribution is 2.55. The number of benzene rings is 3. The lowest BCUT2D eigenvalue weighted by Crippen LogP contribution is -2.15. The number of fused-ring (bicyclic) bond motifs is 3. The Morgan fingerprint density at radius 3 is 2.39 bits per heavy atom. The number of carbonyl (C=O) groups is 1. The Morgan fingerprint density at radius 1 is 0.974 bits per heavy atom. The van der Waals surface area contributed by atoms with Gasteiger partial charge in [-0.15, -0.1) is 23.1 Å². The number of hydrogen-bond acceptors (Lipinski definition) is 7. The van der Waals surface area contributed by atoms with Gasteiger partial charge in [-0.2, -0.15) is 0 Å². The van der Waals surface area contributed by atoms with Crippen molar-refractivity contribution in [2.45, 2.75) is 29.0 Å². The molecular weight excluding hydrogens is 529 g/mol. The molecule has 0 fully saturated rings. The van der Waals surface area contributed by atoms with Gasteiger partial charge in [0, 0.05) is 15.8 Å². The molecule has 1 aliphatic heterocycles. The van der Waals surface area contributed by atoms with Crippen LogP contribution in [0.3, 0.4) is 0 Å². The van der Waals surface area contributed by atoms with Gasteiger partial charge in [0.25, 0.3) is 0 Å². The Hall–Kier alpha value is -3.33. The number of hydrogen-bond donors (Lipinski definition) is 2. The number of nitrogens with zero attached hydrogens (tertiary/aromatic N) is 2. The Morgan fingerprint density at radius 2 is 1.66 bits per heavy atom. The zero-order valence-corrected chi connectivity index (χ0v) is 23.2. The minimum atomic E-state index is -0.0942. The third-order valence-electron chi connectivity index (χ3n) is 6.64. The minimum Gasteiger partial charge on any atom is -0.383 e. The summed E-state index contributed by atoms with van der Waals surface area (Å²) in [6.45, 7) is 1.97. The highest BCUT2D eigenvalue weighted by Gasteiger charge is 2.34. The maximum atomic E-state index is 12.6. The van der Waals surface area contributed by atoms with Crippen LogP contribution in [0, 0.1) is 6.92 Å². The van der Waals surface area contributed by atoms with Gasteiger partial charge in [0.1, 0.15) is 10.6 Å². The lowest BCUT2D eigenvalue weighted by molar-refractivity contribution is -0.113. The van der Waals surface area contributed by atoms with Crippen molar-refractivity contribution in [3.8, 4) is 0 Å². The fraction of sp³-hybridized carbons (Fsp3) is 0.167. The normalized spacial score (nSPS) is 16.8. The summed E-state index contributed by atoms with van der Waals surface area (Å²) in [5.74, 6) is 0.603. The molecule has 1 amide bonds. The molecule has 6 rings (SSSR count). The maximum absolute atomic E-state index is 12.6. The topological polar surface area (TPSA) is 80.9 Å². The molecule has 0 saturated carbocycles. The van der Waals surface area contributed by atoms with Crippen molar-refractivity contribution in [1.82, 2.24) is 9.97 Å². The van der Waals surface area contributed by atoms with E-state index < -0.39 is 0 Å². The number of nitrogens with two attached hydrogens (primary N) is 1. The monoisotopic (exact) mass is 554 g/mol. The van der Waals surface area contributed by atoms with Crippen molar-refractivity contribution in [1.29, 1.82) is 0 Å². The maximum Gasteiger partial charge on any atom is 0.234 e. The van der Waals surface area contributed by atoms with Gasteiger partial charge in [-0.05, 0) is 41.7 Å². The molecule has 5 nitrogen and oxygen atoms in total. The molecule has 3 aromatic carbocycles. The van der Waals surface area contributed by atoms with E-state index >= 15 is 0 Å². The van der Waals surface area contributed by atoms with Gasteiger partial charge in [-0.25, -0.2) is 9.97 Å². The second-order valence-electron chi connectivity index (χ2n) is 9.20. The van der Waals surface area contributed by atoms with E-state index in [9.17, 15) is 4.79 Å². The van der Waals surface area contributed by atoms with Crippen molar-refractivity contribution in [3.63, 3.8) is 0 Å². The summed E-state index contributed by atoms with van der Waals surface area (Å²) in [6.07, 6.45) is 0.881. The van der Waals surface area contributed by atoms with Gasteiger partial charge in [-0.3, -0.25) is 4.79 Å². The first-order valence-electron chi connectivity index (χ1n) is 12.4. The second-order valence-corrected chi connectivity index (χ2v) is 12.5. The number of rotatable bonds is 6. The zero-order chi connectivity index (χ0) is 26.1. The summed E-state index contributed by atoms with van der Waals surface area (Å²) < 4.78 is 0. The average molecular weight is 555 g/mol. The Balaban J connectivity index is 1.31. The first kappa shape index (κ1) is 25.0. The molecule has 1 aliphatic rings. The smallest absolute Gasteiger partial charge is 0.234 e. The lowest BCUT2D eigenvalue weighted by Gasteiger charge is -2.30. The van der Waals surface area contributed by atoms with E-state index in [1.165, 1.54) is 33.3 Å². The first-order chi connectivity index (χ1) is 18.6. The quantitative estimate of drug-likeness (QED) is 0.168. The minimum absolute atomic E-state index is 0.0942. The van der Waals surface area contributed by atoms with Crippen LogP contribution in [-0.4, -0.2) is 21.6 Å². The number of amides is 1. The second kappa shape index (κ2) is 10.8. The number of carbonyl (C=O) groups excluding carboxylic acids is 1. The summed E-state index contributed by atoms with van der Waals surface area (Å²) in [5.41, 5.74) is 12.3. The molecule has 0 bridgehead atoms. The van der Waals surface area contributed by atoms with Crippen molar-refractivity contribution in [2.24, 2.45) is 0 Å². The van der Waals surface area contributed by atoms with Crippen LogP contribution >= 0.6 is 34.9 Å². The van der Waals surface area contributed by atoms with Crippen molar-refractivity contribution in [3.05, 3.63) is 112 Å². The molecular formula is C30H26N4OS3. The number of nitrogens with one attached hydrogen (secondary N) is 1. The van der Waals surface area contributed by atoms with Crippen LogP contribution in [0.15, 0.2) is 90.1 Å². The van der Waals surface area contributed by atoms with Gasteiger partial charge in [-0.1, -0.05) is 90.6 Å². The fourth-order valence-electron chi connectivity index (χ4n) is 4.77. The molecule has 0 radical (unpaired) electrons. The van der Waals surface area contributed by atoms with Gasteiger partial charge in [0.2, 0.25) is 5.91 Å². The first-order valence-corrected chi connectivity index (χ1v) is 15.1. The van der Waals surface area contributed by atoms with E-state index in [0.29, 0.717) is 16.2 Å². The largest absolute Gasteiger partial charge is 0.383 e. The Labute approximate surface area is 234 Å². The van der Waals surface area contributed by atoms with E-state index in [1.54, 1.807) is 11.3 Å². The SMILES string of the molecule is Cc1ccccc1NC(=O)CSc1nc(N)c2c3c(sc2n1)[C@@H](c1ccccc1)S[C@@H](c1ccccc1)C3. The molecule has 3 N–H and O–H groups in total. The molecule has 0 unspecified atom stereocenters. The standard InChI is InChI=1S/C30H26N4OS3/c1-18-10-8-9-15-22(18)32-24(35)17-36-30-33-28(31)25-21-16-23(19-11-4-2-5-12-19)37-26(20-13-6-3-7-14-20)27(21)38-29(25)34-30/h2-15,23,26H,16-17H2,1H3,(H,32,35)(H2,31,33,34)/t23-,26-/m1/s1. The summed E-state index contributed by atoms with van der Waals surface area (Å²) in [4.78, 5) is 24.3. The molecule has 190 valence electrons. The highest BCUT2D eigenvalue weighted by molar-refractivity contribution is 8.00. The molecule has 2 atom stereocenters. The third-order valence-corrected chi connectivity index (χ3v) is 10.4. The molecule has 3 heterocycles. The predicted molar refractivity (Wildman–Crippen MR) is 161 cm³/mol. The van der Waals surface area contributed by atoms with Crippen LogP contribution in [0.4, 0.5) is 11.5 Å². The van der Waals surface area contributed by atoms with Crippen molar-refractivity contribution < 1.29 is 4.79 Å². The highest BCUT2D eigenvalue weighted by atomic mass is 32.2. The van der Waals surface area contributed by atoms with E-state index in [0.717, 1.165) is 27.9 Å². The summed E-state index contributed by atoms with van der Waals surface area (Å²) in [5, 5.41) is 4.96. The van der Waals surface area contributed by atoms with Crippen LogP contribution in [0.5, 0.6) is 0 Å². The lowest BCUT2D eigenvalue weighted by atomic mass is 9.98. The zero-order valence-electron chi connectivity index (χ0n) is 20.8. The average Bonchev–Trinajstić information content (AvgIpc) is 3.32. The number of aryl methyl sites for hydroxylation is 1. The number of anilines is 2. The van der Waals surface area contributed by atoms with Crippen LogP contribution in [0.1, 0.15) is 37.6 Å². The Kier molecular flexibility index (Phi) is 7.10. The van der Waals surface area contributed by atoms with Gasteiger partial charge < -0.3 is 11.1 Å². The number of thiophene rings is 1. The number of thioether (sulfide) groups is 2. The van der Waals surface area contributed by atoms with Crippen LogP contribution in [0.2, 0.25) is 0 Å². The number of aromatic nitrogens is 2. The summed E-state index contributed by atoms with van der Waals surface area (Å²) in [6, 6.07) is 29.1. The van der Waals surface area contributed by atoms with Crippen molar-refractivity contribution >= 4 is 62.5 Å². The molecule has 38 heavy (non-hydrogen) atoms. The molecule has 5 aromatic rings. The Bertz CT molecular complexity index is 1600. The molecule has 2 aromatic heterocycles. The van der Waals surface area contributed by atoms with E-state index in [2.05, 4.69) is 71.0 Å². The molecule has 0 aliphatic carbocycles. The summed E-state index contributed by atoms with van der Waals surface area (Å²) in [7, 11) is 0. The van der Waals surface area contributed by atoms with Gasteiger partial charge in [0.15, 0.2) is 5.16 Å². The van der Waals surface area contributed by atoms with Crippen molar-refractivity contribution in [2.75, 3.05) is 16.8 Å². The number of para-hydroxylation sites is 1. The summed E-state index contributed by atoms with van der Waals surface area (Å²) >= 11 is 5.00. The number of nitrogen functional groups attached to an aromatic ring is 1. The van der Waals surface area contributed by atoms with Gasteiger partial charge >= 0.3 is 0 Å². The van der Waals surface area contributed by atoms with Crippen LogP contribution < -0.4 is 11.1 Å². The van der Waals surface area contributed by atoms with Gasteiger partial charge in [0.05, 0.1) is 16.4 Å². The predicted octanol–water partition coefficient (Wildman–Crippen LogP) is 7.43. The van der Waals surface area contributed by atoms with E-state index in [1.807, 2.05) is 43.0 Å². The van der Waals surface area contributed by atoms with E-state index in [-0.39, 0.29) is 16.9 Å². The van der Waals surface area contributed by atoms with E-state index in [4.69, 9.17) is 10.7 Å². The third kappa shape index (κ3) is 5.04. The molecule has 0 spiro atoms.